The van der Waals surface area contributed by atoms with Crippen LogP contribution < -0.4 is 0 Å². The number of rotatable bonds is 4. The van der Waals surface area contributed by atoms with Crippen LogP contribution in [0.5, 0.6) is 0 Å². The van der Waals surface area contributed by atoms with Gasteiger partial charge in [-0.1, -0.05) is 6.07 Å². The average molecular weight is 309 g/mol. The molecular weight excluding hydrogens is 286 g/mol. The van der Waals surface area contributed by atoms with Crippen LogP contribution in [0.2, 0.25) is 0 Å². The van der Waals surface area contributed by atoms with Gasteiger partial charge in [-0.15, -0.1) is 0 Å². The largest absolute Gasteiger partial charge is 0.335 e. The Labute approximate surface area is 136 Å². The Morgan fingerprint density at radius 3 is 3.13 bits per heavy atom. The molecule has 4 heterocycles. The maximum absolute atomic E-state index is 4.74. The normalized spacial score (nSPS) is 17.8. The van der Waals surface area contributed by atoms with Gasteiger partial charge in [-0.05, 0) is 38.4 Å². The molecular formula is C18H23N5. The molecule has 3 aromatic rings. The van der Waals surface area contributed by atoms with E-state index < -0.39 is 0 Å². The lowest BCUT2D eigenvalue weighted by Gasteiger charge is -2.27. The number of fused-ring (bicyclic) bond motifs is 2. The van der Waals surface area contributed by atoms with E-state index in [-0.39, 0.29) is 0 Å². The molecule has 0 saturated heterocycles. The fraction of sp³-hybridized carbons (Fsp3) is 0.444. The van der Waals surface area contributed by atoms with E-state index in [1.807, 2.05) is 6.20 Å². The summed E-state index contributed by atoms with van der Waals surface area (Å²) in [4.78, 5) is 11.5. The van der Waals surface area contributed by atoms with E-state index in [1.165, 1.54) is 17.9 Å². The summed E-state index contributed by atoms with van der Waals surface area (Å²) in [6, 6.07) is 6.25. The van der Waals surface area contributed by atoms with Crippen molar-refractivity contribution in [3.8, 4) is 0 Å². The molecule has 0 N–H and O–H groups in total. The summed E-state index contributed by atoms with van der Waals surface area (Å²) < 4.78 is 4.47. The van der Waals surface area contributed by atoms with Gasteiger partial charge in [-0.3, -0.25) is 0 Å². The van der Waals surface area contributed by atoms with Crippen LogP contribution in [0.15, 0.2) is 36.8 Å². The third-order valence-electron chi connectivity index (χ3n) is 4.78. The van der Waals surface area contributed by atoms with E-state index in [0.29, 0.717) is 5.92 Å². The fourth-order valence-electron chi connectivity index (χ4n) is 3.64. The molecule has 0 saturated carbocycles. The lowest BCUT2D eigenvalue weighted by Crippen LogP contribution is -2.31. The van der Waals surface area contributed by atoms with E-state index in [9.17, 15) is 0 Å². The molecule has 0 radical (unpaired) electrons. The van der Waals surface area contributed by atoms with Gasteiger partial charge in [0.1, 0.15) is 11.5 Å². The molecule has 0 spiro atoms. The van der Waals surface area contributed by atoms with E-state index in [2.05, 4.69) is 63.4 Å². The van der Waals surface area contributed by atoms with E-state index in [1.54, 1.807) is 0 Å². The van der Waals surface area contributed by atoms with Gasteiger partial charge < -0.3 is 13.9 Å². The summed E-state index contributed by atoms with van der Waals surface area (Å²) in [7, 11) is 2.19. The maximum Gasteiger partial charge on any atom is 0.137 e. The van der Waals surface area contributed by atoms with Crippen LogP contribution in [0.3, 0.4) is 0 Å². The number of hydrogen-bond donors (Lipinski definition) is 0. The third-order valence-corrected chi connectivity index (χ3v) is 4.78. The molecule has 0 aromatic carbocycles. The van der Waals surface area contributed by atoms with Crippen molar-refractivity contribution in [3.63, 3.8) is 0 Å². The average Bonchev–Trinajstić information content (AvgIpc) is 3.13. The van der Waals surface area contributed by atoms with Crippen LogP contribution in [-0.2, 0) is 19.5 Å². The smallest absolute Gasteiger partial charge is 0.137 e. The summed E-state index contributed by atoms with van der Waals surface area (Å²) in [5, 5.41) is 0. The molecule has 0 unspecified atom stereocenters. The highest BCUT2D eigenvalue weighted by Crippen LogP contribution is 2.20. The number of imidazole rings is 2. The molecule has 1 aliphatic heterocycles. The Hall–Kier alpha value is -2.14. The zero-order chi connectivity index (χ0) is 15.8. The Bertz CT molecular complexity index is 816. The predicted octanol–water partition coefficient (Wildman–Crippen LogP) is 2.53. The summed E-state index contributed by atoms with van der Waals surface area (Å²) in [6.45, 7) is 5.20. The molecule has 5 nitrogen and oxygen atoms in total. The summed E-state index contributed by atoms with van der Waals surface area (Å²) >= 11 is 0. The SMILES string of the molecule is Cc1cccc2nc(CN(C)C[C@@H]3CCc4nccn4C3)cn12. The molecule has 0 bridgehead atoms. The quantitative estimate of drug-likeness (QED) is 0.743. The predicted molar refractivity (Wildman–Crippen MR) is 90.3 cm³/mol. The van der Waals surface area contributed by atoms with E-state index in [0.717, 1.165) is 37.4 Å². The molecule has 1 atom stereocenters. The van der Waals surface area contributed by atoms with Crippen molar-refractivity contribution >= 4 is 5.65 Å². The highest BCUT2D eigenvalue weighted by atomic mass is 15.1. The zero-order valence-corrected chi connectivity index (χ0v) is 13.8. The summed E-state index contributed by atoms with van der Waals surface area (Å²) in [6.07, 6.45) is 8.51. The van der Waals surface area contributed by atoms with Crippen molar-refractivity contribution in [1.29, 1.82) is 0 Å². The van der Waals surface area contributed by atoms with Gasteiger partial charge in [0.15, 0.2) is 0 Å². The van der Waals surface area contributed by atoms with Crippen LogP contribution in [0, 0.1) is 12.8 Å². The van der Waals surface area contributed by atoms with Crippen LogP contribution in [0.1, 0.15) is 23.6 Å². The Morgan fingerprint density at radius 1 is 1.35 bits per heavy atom. The molecule has 120 valence electrons. The zero-order valence-electron chi connectivity index (χ0n) is 13.8. The van der Waals surface area contributed by atoms with Crippen molar-refractivity contribution in [1.82, 2.24) is 23.8 Å². The topological polar surface area (TPSA) is 38.4 Å². The first-order valence-electron chi connectivity index (χ1n) is 8.31. The molecule has 23 heavy (non-hydrogen) atoms. The van der Waals surface area contributed by atoms with Gasteiger partial charge in [0.2, 0.25) is 0 Å². The van der Waals surface area contributed by atoms with Gasteiger partial charge in [-0.25, -0.2) is 9.97 Å². The highest BCUT2D eigenvalue weighted by molar-refractivity contribution is 5.41. The van der Waals surface area contributed by atoms with Gasteiger partial charge in [0, 0.05) is 50.3 Å². The lowest BCUT2D eigenvalue weighted by atomic mass is 9.99. The number of aromatic nitrogens is 4. The molecule has 0 aliphatic carbocycles. The summed E-state index contributed by atoms with van der Waals surface area (Å²) in [5.41, 5.74) is 3.40. The molecule has 0 amide bonds. The van der Waals surface area contributed by atoms with Crippen molar-refractivity contribution in [2.75, 3.05) is 13.6 Å². The third kappa shape index (κ3) is 2.88. The number of hydrogen-bond acceptors (Lipinski definition) is 3. The lowest BCUT2D eigenvalue weighted by molar-refractivity contribution is 0.227. The highest BCUT2D eigenvalue weighted by Gasteiger charge is 2.20. The monoisotopic (exact) mass is 309 g/mol. The van der Waals surface area contributed by atoms with E-state index >= 15 is 0 Å². The molecule has 1 aliphatic rings. The molecule has 3 aromatic heterocycles. The fourth-order valence-corrected chi connectivity index (χ4v) is 3.64. The number of nitrogens with zero attached hydrogens (tertiary/aromatic N) is 5. The molecule has 4 rings (SSSR count). The number of aryl methyl sites for hydroxylation is 2. The minimum Gasteiger partial charge on any atom is -0.335 e. The second kappa shape index (κ2) is 5.81. The Kier molecular flexibility index (Phi) is 3.65. The number of pyridine rings is 1. The van der Waals surface area contributed by atoms with E-state index in [4.69, 9.17) is 4.98 Å². The standard InChI is InChI=1S/C18H23N5/c1-14-4-3-5-18-20-16(13-23(14)18)12-21(2)10-15-6-7-17-19-8-9-22(17)11-15/h3-5,8-9,13,15H,6-7,10-12H2,1-2H3/t15-/m0/s1. The second-order valence-corrected chi connectivity index (χ2v) is 6.72. The van der Waals surface area contributed by atoms with Crippen molar-refractivity contribution in [3.05, 3.63) is 54.0 Å². The first-order chi connectivity index (χ1) is 11.2. The van der Waals surface area contributed by atoms with Crippen LogP contribution >= 0.6 is 0 Å². The first kappa shape index (κ1) is 14.5. The second-order valence-electron chi connectivity index (χ2n) is 6.72. The minimum atomic E-state index is 0.695. The van der Waals surface area contributed by atoms with Crippen molar-refractivity contribution in [2.24, 2.45) is 5.92 Å². The molecule has 0 fully saturated rings. The molecule has 5 heteroatoms. The van der Waals surface area contributed by atoms with Crippen molar-refractivity contribution in [2.45, 2.75) is 32.9 Å². The van der Waals surface area contributed by atoms with Gasteiger partial charge in [-0.2, -0.15) is 0 Å². The van der Waals surface area contributed by atoms with Crippen LogP contribution in [-0.4, -0.2) is 37.4 Å². The Balaban J connectivity index is 1.41. The maximum atomic E-state index is 4.74. The Morgan fingerprint density at radius 2 is 2.26 bits per heavy atom. The van der Waals surface area contributed by atoms with Crippen LogP contribution in [0.4, 0.5) is 0 Å². The summed E-state index contributed by atoms with van der Waals surface area (Å²) in [5.74, 6) is 1.93. The van der Waals surface area contributed by atoms with Crippen molar-refractivity contribution < 1.29 is 0 Å². The van der Waals surface area contributed by atoms with Gasteiger partial charge in [0.25, 0.3) is 0 Å². The van der Waals surface area contributed by atoms with Gasteiger partial charge in [0.05, 0.1) is 5.69 Å². The first-order valence-corrected chi connectivity index (χ1v) is 8.31. The van der Waals surface area contributed by atoms with Crippen LogP contribution in [0.25, 0.3) is 5.65 Å². The minimum absolute atomic E-state index is 0.695. The van der Waals surface area contributed by atoms with Gasteiger partial charge >= 0.3 is 0 Å².